The molecule has 2 aromatic carbocycles. The summed E-state index contributed by atoms with van der Waals surface area (Å²) in [6.07, 6.45) is 14.1. The van der Waals surface area contributed by atoms with Crippen molar-refractivity contribution < 1.29 is 9.53 Å². The Morgan fingerprint density at radius 1 is 0.900 bits per heavy atom. The molecule has 0 saturated heterocycles. The molecule has 0 aliphatic rings. The number of fused-ring (bicyclic) bond motifs is 1. The van der Waals surface area contributed by atoms with Crippen molar-refractivity contribution in [2.75, 3.05) is 20.7 Å². The molecule has 2 aromatic rings. The van der Waals surface area contributed by atoms with Crippen LogP contribution in [0.4, 0.5) is 0 Å². The molecule has 0 spiro atoms. The molecule has 0 unspecified atom stereocenters. The van der Waals surface area contributed by atoms with Gasteiger partial charge < -0.3 is 9.64 Å². The first kappa shape index (κ1) is 24.2. The number of carbonyl (C=O) groups is 1. The molecule has 3 nitrogen and oxygen atoms in total. The molecular formula is C27H41NO2. The van der Waals surface area contributed by atoms with Gasteiger partial charge in [0.1, 0.15) is 5.75 Å². The van der Waals surface area contributed by atoms with E-state index in [0.717, 1.165) is 44.4 Å². The Hall–Kier alpha value is -2.03. The first-order chi connectivity index (χ1) is 14.7. The number of hydrogen-bond acceptors (Lipinski definition) is 2. The molecule has 0 heterocycles. The van der Waals surface area contributed by atoms with Crippen molar-refractivity contribution in [1.29, 1.82) is 0 Å². The smallest absolute Gasteiger partial charge is 0.222 e. The van der Waals surface area contributed by atoms with Crippen LogP contribution in [0.3, 0.4) is 0 Å². The average molecular weight is 412 g/mol. The maximum absolute atomic E-state index is 12.0. The number of carbonyl (C=O) groups excluding carboxylic acids is 1. The first-order valence-corrected chi connectivity index (χ1v) is 11.9. The standard InChI is InChI=1S/C27H41NO2/c1-4-5-21-28(2)27(29)18-13-11-9-7-6-8-10-12-15-23-16-14-17-24-22-25(30-3)19-20-26(23)24/h14,16-17,19-20,22H,4-13,15,18,21H2,1-3H3. The molecule has 3 heteroatoms. The molecule has 30 heavy (non-hydrogen) atoms. The highest BCUT2D eigenvalue weighted by molar-refractivity contribution is 5.87. The van der Waals surface area contributed by atoms with Gasteiger partial charge in [-0.25, -0.2) is 0 Å². The zero-order valence-electron chi connectivity index (χ0n) is 19.4. The quantitative estimate of drug-likeness (QED) is 0.291. The molecule has 0 saturated carbocycles. The van der Waals surface area contributed by atoms with E-state index >= 15 is 0 Å². The first-order valence-electron chi connectivity index (χ1n) is 11.9. The van der Waals surface area contributed by atoms with Gasteiger partial charge in [-0.15, -0.1) is 0 Å². The van der Waals surface area contributed by atoms with Gasteiger partial charge in [0.25, 0.3) is 0 Å². The Kier molecular flexibility index (Phi) is 11.4. The van der Waals surface area contributed by atoms with Crippen LogP contribution >= 0.6 is 0 Å². The summed E-state index contributed by atoms with van der Waals surface area (Å²) in [5, 5.41) is 2.62. The van der Waals surface area contributed by atoms with Gasteiger partial charge in [0.2, 0.25) is 5.91 Å². The minimum atomic E-state index is 0.315. The average Bonchev–Trinajstić information content (AvgIpc) is 2.77. The number of aryl methyl sites for hydroxylation is 1. The summed E-state index contributed by atoms with van der Waals surface area (Å²) in [5.74, 6) is 1.24. The molecule has 0 atom stereocenters. The van der Waals surface area contributed by atoms with Gasteiger partial charge in [-0.3, -0.25) is 4.79 Å². The lowest BCUT2D eigenvalue weighted by Gasteiger charge is -2.16. The number of ether oxygens (including phenoxy) is 1. The largest absolute Gasteiger partial charge is 0.497 e. The van der Waals surface area contributed by atoms with Crippen molar-refractivity contribution in [3.8, 4) is 5.75 Å². The lowest BCUT2D eigenvalue weighted by molar-refractivity contribution is -0.130. The molecule has 166 valence electrons. The summed E-state index contributed by atoms with van der Waals surface area (Å²) >= 11 is 0. The lowest BCUT2D eigenvalue weighted by Crippen LogP contribution is -2.27. The lowest BCUT2D eigenvalue weighted by atomic mass is 9.99. The van der Waals surface area contributed by atoms with Crippen LogP contribution in [-0.4, -0.2) is 31.5 Å². The van der Waals surface area contributed by atoms with Crippen molar-refractivity contribution in [3.63, 3.8) is 0 Å². The number of unbranched alkanes of at least 4 members (excludes halogenated alkanes) is 8. The van der Waals surface area contributed by atoms with Crippen molar-refractivity contribution in [3.05, 3.63) is 42.0 Å². The molecule has 0 aliphatic carbocycles. The van der Waals surface area contributed by atoms with Gasteiger partial charge in [0.05, 0.1) is 7.11 Å². The van der Waals surface area contributed by atoms with Gasteiger partial charge in [-0.05, 0) is 54.2 Å². The van der Waals surface area contributed by atoms with Gasteiger partial charge in [0.15, 0.2) is 0 Å². The van der Waals surface area contributed by atoms with E-state index in [0.29, 0.717) is 5.91 Å². The highest BCUT2D eigenvalue weighted by Gasteiger charge is 2.07. The van der Waals surface area contributed by atoms with Crippen LogP contribution in [-0.2, 0) is 11.2 Å². The highest BCUT2D eigenvalue weighted by atomic mass is 16.5. The maximum Gasteiger partial charge on any atom is 0.222 e. The molecule has 0 fully saturated rings. The number of rotatable bonds is 15. The molecule has 2 rings (SSSR count). The second kappa shape index (κ2) is 14.1. The van der Waals surface area contributed by atoms with E-state index in [-0.39, 0.29) is 0 Å². The number of methoxy groups -OCH3 is 1. The SMILES string of the molecule is CCCCN(C)C(=O)CCCCCCCCCCc1cccc2cc(OC)ccc12. The zero-order chi connectivity index (χ0) is 21.6. The van der Waals surface area contributed by atoms with E-state index in [1.807, 2.05) is 11.9 Å². The van der Waals surface area contributed by atoms with Gasteiger partial charge in [-0.1, -0.05) is 76.1 Å². The Bertz CT molecular complexity index is 756. The minimum absolute atomic E-state index is 0.315. The van der Waals surface area contributed by atoms with Crippen LogP contribution in [0.1, 0.15) is 83.1 Å². The summed E-state index contributed by atoms with van der Waals surface area (Å²) in [7, 11) is 3.66. The van der Waals surface area contributed by atoms with E-state index < -0.39 is 0 Å². The number of benzene rings is 2. The Labute approximate surface area is 183 Å². The fourth-order valence-electron chi connectivity index (χ4n) is 4.04. The third-order valence-corrected chi connectivity index (χ3v) is 6.04. The second-order valence-corrected chi connectivity index (χ2v) is 8.50. The molecule has 0 aromatic heterocycles. The van der Waals surface area contributed by atoms with E-state index in [4.69, 9.17) is 4.74 Å². The maximum atomic E-state index is 12.0. The van der Waals surface area contributed by atoms with Crippen LogP contribution in [0.15, 0.2) is 36.4 Å². The fraction of sp³-hybridized carbons (Fsp3) is 0.593. The normalized spacial score (nSPS) is 11.0. The van der Waals surface area contributed by atoms with Gasteiger partial charge in [-0.2, -0.15) is 0 Å². The van der Waals surface area contributed by atoms with Crippen LogP contribution in [0.5, 0.6) is 5.75 Å². The van der Waals surface area contributed by atoms with E-state index in [2.05, 4.69) is 43.3 Å². The van der Waals surface area contributed by atoms with Crippen LogP contribution in [0.25, 0.3) is 10.8 Å². The third kappa shape index (κ3) is 8.38. The van der Waals surface area contributed by atoms with E-state index in [1.165, 1.54) is 61.3 Å². The Balaban J connectivity index is 1.53. The van der Waals surface area contributed by atoms with E-state index in [9.17, 15) is 4.79 Å². The Morgan fingerprint density at radius 2 is 1.60 bits per heavy atom. The molecule has 1 amide bonds. The number of nitrogens with zero attached hydrogens (tertiary/aromatic N) is 1. The summed E-state index contributed by atoms with van der Waals surface area (Å²) < 4.78 is 5.34. The van der Waals surface area contributed by atoms with Crippen LogP contribution in [0, 0.1) is 0 Å². The molecule has 0 radical (unpaired) electrons. The Morgan fingerprint density at radius 3 is 2.30 bits per heavy atom. The highest BCUT2D eigenvalue weighted by Crippen LogP contribution is 2.25. The summed E-state index contributed by atoms with van der Waals surface area (Å²) in [6, 6.07) is 12.9. The molecule has 0 N–H and O–H groups in total. The predicted octanol–water partition coefficient (Wildman–Crippen LogP) is 7.16. The molecule has 0 bridgehead atoms. The van der Waals surface area contributed by atoms with Crippen molar-refractivity contribution in [1.82, 2.24) is 4.90 Å². The van der Waals surface area contributed by atoms with Gasteiger partial charge in [0, 0.05) is 20.0 Å². The topological polar surface area (TPSA) is 29.5 Å². The van der Waals surface area contributed by atoms with Crippen LogP contribution < -0.4 is 4.74 Å². The molecular weight excluding hydrogens is 370 g/mol. The monoisotopic (exact) mass is 411 g/mol. The van der Waals surface area contributed by atoms with E-state index in [1.54, 1.807) is 7.11 Å². The fourth-order valence-corrected chi connectivity index (χ4v) is 4.04. The van der Waals surface area contributed by atoms with Crippen molar-refractivity contribution >= 4 is 16.7 Å². The summed E-state index contributed by atoms with van der Waals surface area (Å²) in [4.78, 5) is 13.9. The summed E-state index contributed by atoms with van der Waals surface area (Å²) in [5.41, 5.74) is 1.45. The molecule has 0 aliphatic heterocycles. The van der Waals surface area contributed by atoms with Gasteiger partial charge >= 0.3 is 0 Å². The van der Waals surface area contributed by atoms with Crippen LogP contribution in [0.2, 0.25) is 0 Å². The minimum Gasteiger partial charge on any atom is -0.497 e. The van der Waals surface area contributed by atoms with Crippen molar-refractivity contribution in [2.24, 2.45) is 0 Å². The zero-order valence-corrected chi connectivity index (χ0v) is 19.4. The third-order valence-electron chi connectivity index (χ3n) is 6.04. The number of hydrogen-bond donors (Lipinski definition) is 0. The second-order valence-electron chi connectivity index (χ2n) is 8.50. The van der Waals surface area contributed by atoms with Crippen molar-refractivity contribution in [2.45, 2.75) is 84.0 Å². The summed E-state index contributed by atoms with van der Waals surface area (Å²) in [6.45, 7) is 3.07. The number of amides is 1. The predicted molar refractivity (Wildman–Crippen MR) is 128 cm³/mol.